The first kappa shape index (κ1) is 22.8. The van der Waals surface area contributed by atoms with Gasteiger partial charge in [-0.2, -0.15) is 4.57 Å². The number of rotatable bonds is 6. The second-order valence-corrected chi connectivity index (χ2v) is 11.9. The van der Waals surface area contributed by atoms with Crippen LogP contribution < -0.4 is 13.6 Å². The third-order valence-electron chi connectivity index (χ3n) is 5.45. The van der Waals surface area contributed by atoms with Crippen LogP contribution in [-0.2, 0) is 4.57 Å². The maximum absolute atomic E-state index is 14.2. The number of halogens is 3. The van der Waals surface area contributed by atoms with Crippen molar-refractivity contribution in [1.82, 2.24) is 15.0 Å². The zero-order valence-electron chi connectivity index (χ0n) is 17.6. The Morgan fingerprint density at radius 3 is 1.17 bits per heavy atom. The number of phosphoric ester groups is 1. The van der Waals surface area contributed by atoms with Gasteiger partial charge in [0.15, 0.2) is 17.2 Å². The molecular weight excluding hydrogens is 665 g/mol. The van der Waals surface area contributed by atoms with Gasteiger partial charge in [-0.05, 0) is 54.6 Å². The number of fused-ring (bicyclic) bond motifs is 3. The van der Waals surface area contributed by atoms with Crippen LogP contribution >= 0.6 is 55.6 Å². The Balaban J connectivity index is 1.43. The lowest BCUT2D eigenvalue weighted by Gasteiger charge is -2.18. The van der Waals surface area contributed by atoms with Gasteiger partial charge in [-0.1, -0.05) is 47.8 Å². The maximum Gasteiger partial charge on any atom is 0.647 e. The molecule has 3 aromatic carbocycles. The van der Waals surface area contributed by atoms with Gasteiger partial charge in [0.25, 0.3) is 0 Å². The van der Waals surface area contributed by atoms with E-state index < -0.39 is 7.82 Å². The van der Waals surface area contributed by atoms with Gasteiger partial charge >= 0.3 is 7.82 Å². The van der Waals surface area contributed by atoms with E-state index in [2.05, 4.69) is 62.7 Å². The predicted octanol–water partition coefficient (Wildman–Crippen LogP) is 9.06. The van der Waals surface area contributed by atoms with Crippen molar-refractivity contribution in [2.45, 2.75) is 0 Å². The number of benzene rings is 3. The lowest BCUT2D eigenvalue weighted by Crippen LogP contribution is -2.07. The summed E-state index contributed by atoms with van der Waals surface area (Å²) in [6, 6.07) is 16.9. The van der Waals surface area contributed by atoms with Crippen molar-refractivity contribution in [3.05, 3.63) is 86.6 Å². The molecule has 0 amide bonds. The van der Waals surface area contributed by atoms with Crippen LogP contribution in [0.15, 0.2) is 86.6 Å². The normalized spacial score (nSPS) is 12.0. The van der Waals surface area contributed by atoms with Crippen molar-refractivity contribution in [3.63, 3.8) is 0 Å². The highest BCUT2D eigenvalue weighted by Gasteiger charge is 2.36. The Bertz CT molecular complexity index is 1570. The molecule has 7 nitrogen and oxygen atoms in total. The minimum atomic E-state index is -4.23. The Kier molecular flexibility index (Phi) is 5.72. The molecule has 3 N–H and O–H groups in total. The second-order valence-electron chi connectivity index (χ2n) is 7.75. The highest BCUT2D eigenvalue weighted by Crippen LogP contribution is 2.53. The highest BCUT2D eigenvalue weighted by molar-refractivity contribution is 9.11. The van der Waals surface area contributed by atoms with Crippen LogP contribution in [-0.4, -0.2) is 15.0 Å². The third kappa shape index (κ3) is 4.40. The molecule has 11 heteroatoms. The largest absolute Gasteiger partial charge is 0.647 e. The zero-order chi connectivity index (χ0) is 24.2. The quantitative estimate of drug-likeness (QED) is 0.153. The SMILES string of the molecule is O=P(Oc1c[nH]c2cc(Br)ccc12)(Oc1c[nH]c2cc(Br)ccc12)Oc1c[nH]c2cc(Br)ccc12. The van der Waals surface area contributed by atoms with E-state index in [9.17, 15) is 4.57 Å². The molecule has 0 aliphatic heterocycles. The molecule has 176 valence electrons. The number of hydrogen-bond acceptors (Lipinski definition) is 4. The fourth-order valence-electron chi connectivity index (χ4n) is 3.86. The molecule has 0 bridgehead atoms. The van der Waals surface area contributed by atoms with Crippen LogP contribution in [0.4, 0.5) is 0 Å². The van der Waals surface area contributed by atoms with E-state index in [1.165, 1.54) is 0 Å². The standard InChI is InChI=1S/C24H15Br3N3O4P/c25-13-1-4-16-19(7-13)28-10-22(16)32-35(31,33-23-11-29-20-8-14(26)2-5-17(20)23)34-24-12-30-21-9-15(27)3-6-18(21)24/h1-12,28-30H. The highest BCUT2D eigenvalue weighted by atomic mass is 79.9. The summed E-state index contributed by atoms with van der Waals surface area (Å²) in [4.78, 5) is 9.39. The molecule has 6 aromatic rings. The minimum absolute atomic E-state index is 0.348. The topological polar surface area (TPSA) is 92.1 Å². The van der Waals surface area contributed by atoms with E-state index in [1.807, 2.05) is 54.6 Å². The average molecular weight is 680 g/mol. The molecule has 6 rings (SSSR count). The van der Waals surface area contributed by atoms with Gasteiger partial charge in [0, 0.05) is 48.2 Å². The lowest BCUT2D eigenvalue weighted by atomic mass is 10.2. The van der Waals surface area contributed by atoms with Gasteiger partial charge in [-0.15, -0.1) is 0 Å². The molecule has 3 heterocycles. The first-order valence-corrected chi connectivity index (χ1v) is 14.2. The maximum atomic E-state index is 14.2. The molecule has 0 aliphatic rings. The summed E-state index contributed by atoms with van der Waals surface area (Å²) in [5.74, 6) is 1.04. The summed E-state index contributed by atoms with van der Waals surface area (Å²) in [6.07, 6.45) is 4.90. The van der Waals surface area contributed by atoms with Crippen molar-refractivity contribution in [3.8, 4) is 17.2 Å². The Hall–Kier alpha value is -2.65. The first-order valence-electron chi connectivity index (χ1n) is 10.4. The molecule has 0 atom stereocenters. The van der Waals surface area contributed by atoms with E-state index in [0.717, 1.165) is 46.1 Å². The summed E-state index contributed by atoms with van der Waals surface area (Å²) in [5, 5.41) is 2.23. The third-order valence-corrected chi connectivity index (χ3v) is 8.19. The molecule has 0 saturated heterocycles. The monoisotopic (exact) mass is 677 g/mol. The van der Waals surface area contributed by atoms with Gasteiger partial charge in [-0.25, -0.2) is 0 Å². The molecule has 0 fully saturated rings. The minimum Gasteiger partial charge on any atom is -0.384 e. The van der Waals surface area contributed by atoms with Gasteiger partial charge in [-0.3, -0.25) is 0 Å². The van der Waals surface area contributed by atoms with Crippen LogP contribution in [0.5, 0.6) is 17.2 Å². The number of nitrogens with one attached hydrogen (secondary N) is 3. The Morgan fingerprint density at radius 1 is 0.543 bits per heavy atom. The zero-order valence-corrected chi connectivity index (χ0v) is 23.3. The van der Waals surface area contributed by atoms with Gasteiger partial charge < -0.3 is 28.5 Å². The number of aromatic amines is 3. The van der Waals surface area contributed by atoms with Crippen molar-refractivity contribution in [1.29, 1.82) is 0 Å². The van der Waals surface area contributed by atoms with E-state index in [-0.39, 0.29) is 0 Å². The van der Waals surface area contributed by atoms with Gasteiger partial charge in [0.2, 0.25) is 0 Å². The van der Waals surface area contributed by atoms with Crippen molar-refractivity contribution in [2.24, 2.45) is 0 Å². The summed E-state index contributed by atoms with van der Waals surface area (Å²) in [6.45, 7) is 0. The molecule has 0 spiro atoms. The number of H-pyrrole nitrogens is 3. The summed E-state index contributed by atoms with van der Waals surface area (Å²) in [5.41, 5.74) is 2.44. The number of aromatic nitrogens is 3. The number of hydrogen-bond donors (Lipinski definition) is 3. The molecule has 0 radical (unpaired) electrons. The number of phosphoric acid groups is 1. The van der Waals surface area contributed by atoms with E-state index in [0.29, 0.717) is 17.2 Å². The summed E-state index contributed by atoms with van der Waals surface area (Å²) >= 11 is 10.4. The van der Waals surface area contributed by atoms with Crippen LogP contribution in [0.3, 0.4) is 0 Å². The summed E-state index contributed by atoms with van der Waals surface area (Å²) < 4.78 is 34.9. The summed E-state index contributed by atoms with van der Waals surface area (Å²) in [7, 11) is -4.23. The fraction of sp³-hybridized carbons (Fsp3) is 0. The second kappa shape index (κ2) is 8.78. The molecule has 0 saturated carbocycles. The van der Waals surface area contributed by atoms with E-state index >= 15 is 0 Å². The molecule has 0 unspecified atom stereocenters. The van der Waals surface area contributed by atoms with Crippen molar-refractivity contribution < 1.29 is 18.1 Å². The molecular formula is C24H15Br3N3O4P. The average Bonchev–Trinajstić information content (AvgIpc) is 3.51. The van der Waals surface area contributed by atoms with E-state index in [1.54, 1.807) is 18.6 Å². The molecule has 3 aromatic heterocycles. The predicted molar refractivity (Wildman–Crippen MR) is 147 cm³/mol. The fourth-order valence-corrected chi connectivity index (χ4v) is 6.23. The Morgan fingerprint density at radius 2 is 0.857 bits per heavy atom. The van der Waals surface area contributed by atoms with Crippen molar-refractivity contribution in [2.75, 3.05) is 0 Å². The van der Waals surface area contributed by atoms with Gasteiger partial charge in [0.1, 0.15) is 0 Å². The van der Waals surface area contributed by atoms with E-state index in [4.69, 9.17) is 13.6 Å². The van der Waals surface area contributed by atoms with Gasteiger partial charge in [0.05, 0.1) is 16.6 Å². The van der Waals surface area contributed by atoms with Crippen LogP contribution in [0, 0.1) is 0 Å². The molecule has 35 heavy (non-hydrogen) atoms. The Labute approximate surface area is 224 Å². The molecule has 0 aliphatic carbocycles. The van der Waals surface area contributed by atoms with Crippen LogP contribution in [0.2, 0.25) is 0 Å². The smallest absolute Gasteiger partial charge is 0.384 e. The van der Waals surface area contributed by atoms with Crippen LogP contribution in [0.1, 0.15) is 0 Å². The first-order chi connectivity index (χ1) is 16.9. The van der Waals surface area contributed by atoms with Crippen LogP contribution in [0.25, 0.3) is 32.7 Å². The van der Waals surface area contributed by atoms with Crippen molar-refractivity contribution >= 4 is 88.3 Å². The lowest BCUT2D eigenvalue weighted by molar-refractivity contribution is 0.302.